The number of nitrogens with zero attached hydrogens (tertiary/aromatic N) is 1. The van der Waals surface area contributed by atoms with Gasteiger partial charge in [-0.15, -0.1) is 0 Å². The third kappa shape index (κ3) is 10.6. The second-order valence-corrected chi connectivity index (χ2v) is 8.15. The summed E-state index contributed by atoms with van der Waals surface area (Å²) in [6.45, 7) is 16.8. The Morgan fingerprint density at radius 1 is 0.818 bits per heavy atom. The van der Waals surface area contributed by atoms with Crippen molar-refractivity contribution in [3.8, 4) is 0 Å². The van der Waals surface area contributed by atoms with E-state index >= 15 is 0 Å². The van der Waals surface area contributed by atoms with E-state index in [0.29, 0.717) is 0 Å². The molecule has 0 amide bonds. The number of hydrogen-bond donors (Lipinski definition) is 0. The first-order chi connectivity index (χ1) is 10.4. The fourth-order valence-electron chi connectivity index (χ4n) is 3.89. The third-order valence-electron chi connectivity index (χ3n) is 5.22. The van der Waals surface area contributed by atoms with Crippen LogP contribution in [0.15, 0.2) is 0 Å². The van der Waals surface area contributed by atoms with Gasteiger partial charge in [0.2, 0.25) is 0 Å². The molecule has 134 valence electrons. The molecule has 22 heavy (non-hydrogen) atoms. The van der Waals surface area contributed by atoms with Gasteiger partial charge in [0.05, 0.1) is 0 Å². The lowest BCUT2D eigenvalue weighted by Crippen LogP contribution is -2.33. The van der Waals surface area contributed by atoms with E-state index in [1.807, 2.05) is 0 Å². The predicted molar refractivity (Wildman–Crippen MR) is 102 cm³/mol. The summed E-state index contributed by atoms with van der Waals surface area (Å²) >= 11 is 0. The molecule has 3 unspecified atom stereocenters. The van der Waals surface area contributed by atoms with Crippen LogP contribution in [0, 0.1) is 23.7 Å². The maximum absolute atomic E-state index is 2.64. The van der Waals surface area contributed by atoms with E-state index in [-0.39, 0.29) is 0 Å². The average molecular weight is 312 g/mol. The zero-order valence-corrected chi connectivity index (χ0v) is 16.8. The first kappa shape index (κ1) is 22.0. The minimum Gasteiger partial charge on any atom is -0.306 e. The van der Waals surface area contributed by atoms with Gasteiger partial charge in [0, 0.05) is 13.1 Å². The molecule has 1 heteroatoms. The van der Waals surface area contributed by atoms with E-state index < -0.39 is 0 Å². The Hall–Kier alpha value is -0.0400. The molecule has 0 saturated heterocycles. The summed E-state index contributed by atoms with van der Waals surface area (Å²) in [6.07, 6.45) is 11.0. The lowest BCUT2D eigenvalue weighted by molar-refractivity contribution is 0.176. The van der Waals surface area contributed by atoms with Crippen molar-refractivity contribution < 1.29 is 0 Å². The highest BCUT2D eigenvalue weighted by molar-refractivity contribution is 4.73. The van der Waals surface area contributed by atoms with Crippen LogP contribution < -0.4 is 0 Å². The second-order valence-electron chi connectivity index (χ2n) is 8.15. The van der Waals surface area contributed by atoms with Gasteiger partial charge in [-0.3, -0.25) is 0 Å². The molecule has 0 radical (unpaired) electrons. The van der Waals surface area contributed by atoms with E-state index in [2.05, 4.69) is 53.5 Å². The predicted octanol–water partition coefficient (Wildman–Crippen LogP) is 6.62. The van der Waals surface area contributed by atoms with Crippen LogP contribution in [0.4, 0.5) is 0 Å². The molecule has 3 atom stereocenters. The second kappa shape index (κ2) is 13.4. The largest absolute Gasteiger partial charge is 0.306 e. The van der Waals surface area contributed by atoms with E-state index in [9.17, 15) is 0 Å². The van der Waals surface area contributed by atoms with Crippen LogP contribution in [0.5, 0.6) is 0 Å². The fraction of sp³-hybridized carbons (Fsp3) is 1.00. The van der Waals surface area contributed by atoms with Crippen molar-refractivity contribution in [2.45, 2.75) is 92.9 Å². The van der Waals surface area contributed by atoms with Crippen LogP contribution in [-0.2, 0) is 0 Å². The molecule has 0 aliphatic carbocycles. The molecule has 0 heterocycles. The summed E-state index contributed by atoms with van der Waals surface area (Å²) in [7, 11) is 2.35. The maximum atomic E-state index is 2.64. The van der Waals surface area contributed by atoms with Gasteiger partial charge in [0.15, 0.2) is 0 Å². The quantitative estimate of drug-likeness (QED) is 0.326. The number of rotatable bonds is 14. The van der Waals surface area contributed by atoms with Crippen molar-refractivity contribution in [3.05, 3.63) is 0 Å². The van der Waals surface area contributed by atoms with Gasteiger partial charge in [0.25, 0.3) is 0 Å². The van der Waals surface area contributed by atoms with Gasteiger partial charge in [-0.1, -0.05) is 73.6 Å². The van der Waals surface area contributed by atoms with Crippen molar-refractivity contribution in [2.24, 2.45) is 23.7 Å². The first-order valence-corrected chi connectivity index (χ1v) is 10.1. The summed E-state index contributed by atoms with van der Waals surface area (Å²) in [5, 5.41) is 0. The van der Waals surface area contributed by atoms with E-state index in [1.54, 1.807) is 0 Å². The van der Waals surface area contributed by atoms with E-state index in [0.717, 1.165) is 23.7 Å². The summed E-state index contributed by atoms with van der Waals surface area (Å²) in [6, 6.07) is 0. The Morgan fingerprint density at radius 3 is 2.00 bits per heavy atom. The van der Waals surface area contributed by atoms with Crippen LogP contribution in [0.3, 0.4) is 0 Å². The highest BCUT2D eigenvalue weighted by Gasteiger charge is 2.20. The highest BCUT2D eigenvalue weighted by atomic mass is 15.1. The first-order valence-electron chi connectivity index (χ1n) is 10.1. The van der Waals surface area contributed by atoms with Crippen LogP contribution in [0.2, 0.25) is 0 Å². The minimum atomic E-state index is 0.831. The average Bonchev–Trinajstić information content (AvgIpc) is 2.45. The van der Waals surface area contributed by atoms with Crippen molar-refractivity contribution in [2.75, 3.05) is 20.1 Å². The molecule has 0 aromatic rings. The standard InChI is InChI=1S/C21H45N/c1-8-11-12-14-20(10-3)16-22(7)17-21(13-9-2)19(6)15-18(4)5/h18-21H,8-17H2,1-7H3. The molecule has 0 aliphatic rings. The highest BCUT2D eigenvalue weighted by Crippen LogP contribution is 2.25. The van der Waals surface area contributed by atoms with Crippen molar-refractivity contribution >= 4 is 0 Å². The summed E-state index contributed by atoms with van der Waals surface area (Å²) in [4.78, 5) is 2.64. The lowest BCUT2D eigenvalue weighted by atomic mass is 9.83. The van der Waals surface area contributed by atoms with Crippen LogP contribution in [0.1, 0.15) is 92.9 Å². The monoisotopic (exact) mass is 311 g/mol. The Bertz CT molecular complexity index is 236. The molecular formula is C21H45N. The van der Waals surface area contributed by atoms with Gasteiger partial charge in [-0.2, -0.15) is 0 Å². The molecule has 0 spiro atoms. The molecule has 0 bridgehead atoms. The maximum Gasteiger partial charge on any atom is 0.000927 e. The van der Waals surface area contributed by atoms with Crippen molar-refractivity contribution in [1.82, 2.24) is 4.90 Å². The SMILES string of the molecule is CCCCCC(CC)CN(C)CC(CCC)C(C)CC(C)C. The molecule has 0 fully saturated rings. The zero-order valence-electron chi connectivity index (χ0n) is 16.8. The third-order valence-corrected chi connectivity index (χ3v) is 5.22. The molecule has 0 rings (SSSR count). The Labute approximate surface area is 142 Å². The molecule has 1 nitrogen and oxygen atoms in total. The molecule has 0 saturated carbocycles. The van der Waals surface area contributed by atoms with E-state index in [1.165, 1.54) is 64.5 Å². The van der Waals surface area contributed by atoms with Crippen molar-refractivity contribution in [1.29, 1.82) is 0 Å². The summed E-state index contributed by atoms with van der Waals surface area (Å²) < 4.78 is 0. The van der Waals surface area contributed by atoms with Crippen LogP contribution >= 0.6 is 0 Å². The molecule has 0 aromatic carbocycles. The number of unbranched alkanes of at least 4 members (excludes halogenated alkanes) is 2. The van der Waals surface area contributed by atoms with Crippen molar-refractivity contribution in [3.63, 3.8) is 0 Å². The Morgan fingerprint density at radius 2 is 1.50 bits per heavy atom. The van der Waals surface area contributed by atoms with Gasteiger partial charge in [-0.25, -0.2) is 0 Å². The van der Waals surface area contributed by atoms with E-state index in [4.69, 9.17) is 0 Å². The smallest absolute Gasteiger partial charge is 0.000927 e. The summed E-state index contributed by atoms with van der Waals surface area (Å²) in [5.74, 6) is 3.48. The van der Waals surface area contributed by atoms with Gasteiger partial charge in [0.1, 0.15) is 0 Å². The van der Waals surface area contributed by atoms with Crippen LogP contribution in [-0.4, -0.2) is 25.0 Å². The van der Waals surface area contributed by atoms with Gasteiger partial charge >= 0.3 is 0 Å². The van der Waals surface area contributed by atoms with Gasteiger partial charge in [-0.05, 0) is 50.0 Å². The zero-order chi connectivity index (χ0) is 17.0. The molecule has 0 aromatic heterocycles. The van der Waals surface area contributed by atoms with Gasteiger partial charge < -0.3 is 4.90 Å². The van der Waals surface area contributed by atoms with Crippen LogP contribution in [0.25, 0.3) is 0 Å². The normalized spacial score (nSPS) is 16.2. The topological polar surface area (TPSA) is 3.24 Å². The summed E-state index contributed by atoms with van der Waals surface area (Å²) in [5.41, 5.74) is 0. The molecule has 0 aliphatic heterocycles. The lowest BCUT2D eigenvalue weighted by Gasteiger charge is -2.31. The Balaban J connectivity index is 4.32. The molecular weight excluding hydrogens is 266 g/mol. The molecule has 0 N–H and O–H groups in total. The number of hydrogen-bond acceptors (Lipinski definition) is 1. The minimum absolute atomic E-state index is 0.831. The fourth-order valence-corrected chi connectivity index (χ4v) is 3.89. The Kier molecular flexibility index (Phi) is 13.4.